The molecule has 0 aliphatic heterocycles. The quantitative estimate of drug-likeness (QED) is 0.518. The van der Waals surface area contributed by atoms with Gasteiger partial charge in [0.1, 0.15) is 0 Å². The molecule has 3 heteroatoms. The Morgan fingerprint density at radius 2 is 2.08 bits per heavy atom. The Morgan fingerprint density at radius 3 is 2.54 bits per heavy atom. The van der Waals surface area contributed by atoms with Crippen molar-refractivity contribution in [1.29, 1.82) is 0 Å². The van der Waals surface area contributed by atoms with Crippen LogP contribution < -0.4 is 0 Å². The van der Waals surface area contributed by atoms with E-state index in [2.05, 4.69) is 28.3 Å². The molecule has 1 heterocycles. The summed E-state index contributed by atoms with van der Waals surface area (Å²) in [4.78, 5) is 11.9. The highest BCUT2D eigenvalue weighted by atomic mass is 14.9. The van der Waals surface area contributed by atoms with Gasteiger partial charge in [0, 0.05) is 24.2 Å². The predicted octanol–water partition coefficient (Wildman–Crippen LogP) is 2.01. The first-order valence-corrected chi connectivity index (χ1v) is 3.85. The van der Waals surface area contributed by atoms with Crippen molar-refractivity contribution in [2.45, 2.75) is 6.92 Å². The highest BCUT2D eigenvalue weighted by Gasteiger charge is 1.98. The van der Waals surface area contributed by atoms with Crippen LogP contribution in [-0.2, 0) is 0 Å². The van der Waals surface area contributed by atoms with Crippen molar-refractivity contribution >= 4 is 12.3 Å². The van der Waals surface area contributed by atoms with Crippen LogP contribution in [0.4, 0.5) is 0 Å². The molecule has 0 N–H and O–H groups in total. The molecule has 0 unspecified atom stereocenters. The van der Waals surface area contributed by atoms with Crippen LogP contribution in [0.15, 0.2) is 36.2 Å². The minimum absolute atomic E-state index is 0.619. The lowest BCUT2D eigenvalue weighted by molar-refractivity contribution is 1.09. The van der Waals surface area contributed by atoms with Crippen LogP contribution in [0.5, 0.6) is 0 Å². The molecule has 3 nitrogen and oxygen atoms in total. The molecule has 0 amide bonds. The van der Waals surface area contributed by atoms with Gasteiger partial charge in [0.15, 0.2) is 5.82 Å². The maximum Gasteiger partial charge on any atom is 0.160 e. The fourth-order valence-electron chi connectivity index (χ4n) is 0.842. The number of hydrogen-bond acceptors (Lipinski definition) is 3. The van der Waals surface area contributed by atoms with Gasteiger partial charge in [0.05, 0.1) is 0 Å². The summed E-state index contributed by atoms with van der Waals surface area (Å²) in [7, 11) is 0. The van der Waals surface area contributed by atoms with E-state index in [1.165, 1.54) is 0 Å². The summed E-state index contributed by atoms with van der Waals surface area (Å²) >= 11 is 0. The molecule has 0 radical (unpaired) electrons. The van der Waals surface area contributed by atoms with Crippen LogP contribution in [0, 0.1) is 6.92 Å². The Kier molecular flexibility index (Phi) is 3.09. The van der Waals surface area contributed by atoms with E-state index < -0.39 is 0 Å². The Balaban J connectivity index is 3.06. The number of aromatic nitrogens is 2. The van der Waals surface area contributed by atoms with Gasteiger partial charge in [-0.1, -0.05) is 12.7 Å². The third-order valence-electron chi connectivity index (χ3n) is 1.49. The zero-order valence-corrected chi connectivity index (χ0v) is 7.57. The summed E-state index contributed by atoms with van der Waals surface area (Å²) in [5.74, 6) is 0.619. The molecule has 1 rings (SSSR count). The van der Waals surface area contributed by atoms with Crippen molar-refractivity contribution in [3.05, 3.63) is 42.6 Å². The van der Waals surface area contributed by atoms with E-state index in [0.29, 0.717) is 5.82 Å². The molecule has 0 fully saturated rings. The molecule has 1 aromatic rings. The van der Waals surface area contributed by atoms with Gasteiger partial charge in [-0.05, 0) is 19.2 Å². The lowest BCUT2D eigenvalue weighted by Crippen LogP contribution is -1.91. The van der Waals surface area contributed by atoms with Crippen LogP contribution in [0.25, 0.3) is 5.57 Å². The fraction of sp³-hybridized carbons (Fsp3) is 0.100. The summed E-state index contributed by atoms with van der Waals surface area (Å²) in [6.45, 7) is 8.94. The summed E-state index contributed by atoms with van der Waals surface area (Å²) in [5, 5.41) is 0. The number of allylic oxidation sites excluding steroid dienone is 2. The molecule has 0 saturated carbocycles. The standard InChI is InChI=1S/C10H11N3/c1-4-9(7-11-3)10-12-5-8(2)6-13-10/h4-7H,1,3H2,2H3/b9-7+. The number of nitrogens with zero attached hydrogens (tertiary/aromatic N) is 3. The van der Waals surface area contributed by atoms with Crippen LogP contribution >= 0.6 is 0 Å². The molecule has 13 heavy (non-hydrogen) atoms. The van der Waals surface area contributed by atoms with Gasteiger partial charge in [-0.3, -0.25) is 4.99 Å². The highest BCUT2D eigenvalue weighted by Crippen LogP contribution is 2.09. The van der Waals surface area contributed by atoms with Gasteiger partial charge in [-0.25, -0.2) is 9.97 Å². The first-order valence-electron chi connectivity index (χ1n) is 3.85. The second kappa shape index (κ2) is 4.30. The molecule has 0 atom stereocenters. The molecular weight excluding hydrogens is 162 g/mol. The minimum atomic E-state index is 0.619. The summed E-state index contributed by atoms with van der Waals surface area (Å²) in [6, 6.07) is 0. The third-order valence-corrected chi connectivity index (χ3v) is 1.49. The Bertz CT molecular complexity index is 336. The molecule has 0 saturated heterocycles. The lowest BCUT2D eigenvalue weighted by atomic mass is 10.2. The maximum absolute atomic E-state index is 4.13. The van der Waals surface area contributed by atoms with E-state index in [0.717, 1.165) is 11.1 Å². The molecule has 0 bridgehead atoms. The van der Waals surface area contributed by atoms with Crippen LogP contribution in [-0.4, -0.2) is 16.7 Å². The first kappa shape index (κ1) is 9.32. The van der Waals surface area contributed by atoms with E-state index in [9.17, 15) is 0 Å². The number of aryl methyl sites for hydroxylation is 1. The average molecular weight is 173 g/mol. The zero-order valence-electron chi connectivity index (χ0n) is 7.57. The third kappa shape index (κ3) is 2.33. The van der Waals surface area contributed by atoms with Gasteiger partial charge >= 0.3 is 0 Å². The number of hydrogen-bond donors (Lipinski definition) is 0. The summed E-state index contributed by atoms with van der Waals surface area (Å²) in [5.41, 5.74) is 1.80. The normalized spacial score (nSPS) is 11.0. The molecule has 0 aromatic carbocycles. The molecule has 0 aliphatic carbocycles. The lowest BCUT2D eigenvalue weighted by Gasteiger charge is -1.98. The van der Waals surface area contributed by atoms with Gasteiger partial charge in [0.25, 0.3) is 0 Å². The van der Waals surface area contributed by atoms with Crippen molar-refractivity contribution in [2.75, 3.05) is 0 Å². The fourth-order valence-corrected chi connectivity index (χ4v) is 0.842. The average Bonchev–Trinajstić information content (AvgIpc) is 2.16. The topological polar surface area (TPSA) is 38.1 Å². The summed E-state index contributed by atoms with van der Waals surface area (Å²) in [6.07, 6.45) is 6.74. The largest absolute Gasteiger partial charge is 0.272 e. The molecule has 66 valence electrons. The predicted molar refractivity (Wildman–Crippen MR) is 54.5 cm³/mol. The molecular formula is C10H11N3. The monoisotopic (exact) mass is 173 g/mol. The van der Waals surface area contributed by atoms with Crippen LogP contribution in [0.1, 0.15) is 11.4 Å². The Morgan fingerprint density at radius 1 is 1.46 bits per heavy atom. The minimum Gasteiger partial charge on any atom is -0.272 e. The van der Waals surface area contributed by atoms with Crippen molar-refractivity contribution in [3.8, 4) is 0 Å². The van der Waals surface area contributed by atoms with E-state index in [4.69, 9.17) is 0 Å². The van der Waals surface area contributed by atoms with E-state index in [-0.39, 0.29) is 0 Å². The number of aliphatic imine (C=N–C) groups is 1. The van der Waals surface area contributed by atoms with Crippen LogP contribution in [0.3, 0.4) is 0 Å². The zero-order chi connectivity index (χ0) is 9.68. The smallest absolute Gasteiger partial charge is 0.160 e. The Hall–Kier alpha value is -1.77. The van der Waals surface area contributed by atoms with Gasteiger partial charge in [-0.15, -0.1) is 0 Å². The SMILES string of the molecule is C=C/C(=C\N=C)c1ncc(C)cn1. The molecule has 0 aliphatic rings. The molecule has 1 aromatic heterocycles. The van der Waals surface area contributed by atoms with Gasteiger partial charge in [0.2, 0.25) is 0 Å². The maximum atomic E-state index is 4.13. The van der Waals surface area contributed by atoms with E-state index >= 15 is 0 Å². The highest BCUT2D eigenvalue weighted by molar-refractivity contribution is 5.68. The van der Waals surface area contributed by atoms with Gasteiger partial charge in [-0.2, -0.15) is 0 Å². The second-order valence-corrected chi connectivity index (χ2v) is 2.56. The van der Waals surface area contributed by atoms with Crippen molar-refractivity contribution in [1.82, 2.24) is 9.97 Å². The Labute approximate surface area is 77.6 Å². The first-order chi connectivity index (χ1) is 6.27. The van der Waals surface area contributed by atoms with Crippen molar-refractivity contribution in [2.24, 2.45) is 4.99 Å². The number of rotatable bonds is 3. The van der Waals surface area contributed by atoms with Crippen LogP contribution in [0.2, 0.25) is 0 Å². The molecule has 0 spiro atoms. The summed E-state index contributed by atoms with van der Waals surface area (Å²) < 4.78 is 0. The van der Waals surface area contributed by atoms with E-state index in [1.54, 1.807) is 24.7 Å². The van der Waals surface area contributed by atoms with Gasteiger partial charge < -0.3 is 0 Å². The van der Waals surface area contributed by atoms with Crippen molar-refractivity contribution < 1.29 is 0 Å². The van der Waals surface area contributed by atoms with Crippen molar-refractivity contribution in [3.63, 3.8) is 0 Å². The second-order valence-electron chi connectivity index (χ2n) is 2.56. The van der Waals surface area contributed by atoms with E-state index in [1.807, 2.05) is 6.92 Å².